The molecule has 152 valence electrons. The maximum absolute atomic E-state index is 12.3. The molecule has 1 N–H and O–H groups in total. The van der Waals surface area contributed by atoms with Crippen molar-refractivity contribution >= 4 is 75.6 Å². The average molecular weight is 476 g/mol. The minimum atomic E-state index is -0.722. The number of nitrogens with one attached hydrogen (secondary N) is 1. The van der Waals surface area contributed by atoms with Crippen molar-refractivity contribution in [1.82, 2.24) is 0 Å². The van der Waals surface area contributed by atoms with Gasteiger partial charge in [0.2, 0.25) is 5.91 Å². The van der Waals surface area contributed by atoms with Crippen LogP contribution in [0.3, 0.4) is 0 Å². The molecule has 2 amide bonds. The average Bonchev–Trinajstić information content (AvgIpc) is 3.06. The number of hydrogen-bond donors (Lipinski definition) is 1. The Balaban J connectivity index is 1.57. The van der Waals surface area contributed by atoms with Gasteiger partial charge in [0.1, 0.15) is 0 Å². The van der Waals surface area contributed by atoms with Crippen LogP contribution in [0, 0.1) is 5.92 Å². The van der Waals surface area contributed by atoms with E-state index in [0.717, 1.165) is 0 Å². The van der Waals surface area contributed by atoms with E-state index in [0.29, 0.717) is 26.4 Å². The molecule has 0 radical (unpaired) electrons. The second kappa shape index (κ2) is 9.22. The first-order valence-electron chi connectivity index (χ1n) is 8.42. The molecule has 0 aliphatic carbocycles. The van der Waals surface area contributed by atoms with Crippen LogP contribution < -0.4 is 10.2 Å². The number of carbonyl (C=O) groups is 3. The topological polar surface area (TPSA) is 75.7 Å². The van der Waals surface area contributed by atoms with E-state index in [1.807, 2.05) is 0 Å². The maximum atomic E-state index is 12.3. The third-order valence-electron chi connectivity index (χ3n) is 4.23. The van der Waals surface area contributed by atoms with Gasteiger partial charge in [0.05, 0.1) is 32.4 Å². The smallest absolute Gasteiger partial charge is 0.311 e. The third kappa shape index (κ3) is 5.14. The molecule has 1 fully saturated rings. The Bertz CT molecular complexity index is 983. The van der Waals surface area contributed by atoms with E-state index >= 15 is 0 Å². The molecule has 6 nitrogen and oxygen atoms in total. The highest BCUT2D eigenvalue weighted by atomic mass is 35.5. The summed E-state index contributed by atoms with van der Waals surface area (Å²) in [5.74, 6) is -2.25. The SMILES string of the molecule is O=C(COC(=O)[C@@H]1CC(=O)N(c2cccc(Cl)c2Cl)C1)Nc1cc(Cl)ccc1Cl. The van der Waals surface area contributed by atoms with Crippen LogP contribution in [-0.2, 0) is 19.1 Å². The molecule has 1 atom stereocenters. The zero-order valence-corrected chi connectivity index (χ0v) is 17.8. The molecule has 0 aromatic heterocycles. The van der Waals surface area contributed by atoms with Crippen molar-refractivity contribution in [2.75, 3.05) is 23.4 Å². The van der Waals surface area contributed by atoms with E-state index in [1.165, 1.54) is 17.0 Å². The number of anilines is 2. The fourth-order valence-corrected chi connectivity index (χ4v) is 3.57. The van der Waals surface area contributed by atoms with Crippen LogP contribution >= 0.6 is 46.4 Å². The predicted molar refractivity (Wildman–Crippen MR) is 113 cm³/mol. The summed E-state index contributed by atoms with van der Waals surface area (Å²) >= 11 is 24.0. The van der Waals surface area contributed by atoms with Gasteiger partial charge in [-0.3, -0.25) is 14.4 Å². The summed E-state index contributed by atoms with van der Waals surface area (Å²) in [4.78, 5) is 38.0. The molecular weight excluding hydrogens is 462 g/mol. The minimum Gasteiger partial charge on any atom is -0.455 e. The molecule has 1 aliphatic heterocycles. The van der Waals surface area contributed by atoms with Gasteiger partial charge in [0, 0.05) is 18.0 Å². The zero-order valence-electron chi connectivity index (χ0n) is 14.8. The molecular formula is C19H14Cl4N2O4. The van der Waals surface area contributed by atoms with Gasteiger partial charge in [-0.1, -0.05) is 52.5 Å². The second-order valence-electron chi connectivity index (χ2n) is 6.26. The summed E-state index contributed by atoms with van der Waals surface area (Å²) < 4.78 is 5.05. The van der Waals surface area contributed by atoms with Crippen molar-refractivity contribution in [3.8, 4) is 0 Å². The summed E-state index contributed by atoms with van der Waals surface area (Å²) in [6, 6.07) is 9.49. The van der Waals surface area contributed by atoms with Crippen molar-refractivity contribution in [2.24, 2.45) is 5.92 Å². The lowest BCUT2D eigenvalue weighted by atomic mass is 10.1. The van der Waals surface area contributed by atoms with Gasteiger partial charge in [-0.2, -0.15) is 0 Å². The summed E-state index contributed by atoms with van der Waals surface area (Å²) in [7, 11) is 0. The van der Waals surface area contributed by atoms with E-state index in [-0.39, 0.29) is 23.9 Å². The highest BCUT2D eigenvalue weighted by Crippen LogP contribution is 2.36. The lowest BCUT2D eigenvalue weighted by Crippen LogP contribution is -2.28. The Kier molecular flexibility index (Phi) is 6.90. The predicted octanol–water partition coefficient (Wildman–Crippen LogP) is 4.84. The fourth-order valence-electron chi connectivity index (χ4n) is 2.83. The number of nitrogens with zero attached hydrogens (tertiary/aromatic N) is 1. The van der Waals surface area contributed by atoms with E-state index < -0.39 is 24.4 Å². The van der Waals surface area contributed by atoms with Crippen LogP contribution in [0.2, 0.25) is 20.1 Å². The first kappa shape index (κ1) is 21.7. The molecule has 2 aromatic rings. The number of amides is 2. The van der Waals surface area contributed by atoms with Gasteiger partial charge in [-0.05, 0) is 30.3 Å². The van der Waals surface area contributed by atoms with Gasteiger partial charge in [-0.25, -0.2) is 0 Å². The van der Waals surface area contributed by atoms with Crippen molar-refractivity contribution in [3.63, 3.8) is 0 Å². The standard InChI is InChI=1S/C19H14Cl4N2O4/c20-11-4-5-12(21)14(7-11)24-16(26)9-29-19(28)10-6-17(27)25(8-10)15-3-1-2-13(22)18(15)23/h1-5,7,10H,6,8-9H2,(H,24,26)/t10-/m1/s1. The van der Waals surface area contributed by atoms with Crippen molar-refractivity contribution < 1.29 is 19.1 Å². The molecule has 1 aliphatic rings. The molecule has 1 heterocycles. The monoisotopic (exact) mass is 474 g/mol. The zero-order chi connectivity index (χ0) is 21.1. The Morgan fingerprint density at radius 1 is 1.10 bits per heavy atom. The molecule has 10 heteroatoms. The van der Waals surface area contributed by atoms with Crippen LogP contribution in [0.1, 0.15) is 6.42 Å². The van der Waals surface area contributed by atoms with Gasteiger partial charge in [-0.15, -0.1) is 0 Å². The molecule has 0 saturated carbocycles. The van der Waals surface area contributed by atoms with Crippen molar-refractivity contribution in [2.45, 2.75) is 6.42 Å². The molecule has 0 unspecified atom stereocenters. The summed E-state index contributed by atoms with van der Waals surface area (Å²) in [5, 5.41) is 3.74. The Morgan fingerprint density at radius 2 is 1.86 bits per heavy atom. The maximum Gasteiger partial charge on any atom is 0.311 e. The number of benzene rings is 2. The second-order valence-corrected chi connectivity index (χ2v) is 7.89. The number of hydrogen-bond acceptors (Lipinski definition) is 4. The van der Waals surface area contributed by atoms with E-state index in [1.54, 1.807) is 24.3 Å². The number of ether oxygens (including phenoxy) is 1. The number of rotatable bonds is 5. The van der Waals surface area contributed by atoms with E-state index in [2.05, 4.69) is 5.32 Å². The molecule has 1 saturated heterocycles. The molecule has 2 aromatic carbocycles. The van der Waals surface area contributed by atoms with E-state index in [9.17, 15) is 14.4 Å². The highest BCUT2D eigenvalue weighted by molar-refractivity contribution is 6.44. The van der Waals surface area contributed by atoms with E-state index in [4.69, 9.17) is 51.1 Å². The van der Waals surface area contributed by atoms with Crippen LogP contribution in [0.25, 0.3) is 0 Å². The number of esters is 1. The number of carbonyl (C=O) groups excluding carboxylic acids is 3. The summed E-state index contributed by atoms with van der Waals surface area (Å²) in [5.41, 5.74) is 0.728. The van der Waals surface area contributed by atoms with Crippen LogP contribution in [-0.4, -0.2) is 30.9 Å². The first-order chi connectivity index (χ1) is 13.8. The molecule has 0 spiro atoms. The first-order valence-corrected chi connectivity index (χ1v) is 9.93. The third-order valence-corrected chi connectivity index (χ3v) is 5.60. The van der Waals surface area contributed by atoms with Crippen molar-refractivity contribution in [3.05, 3.63) is 56.5 Å². The van der Waals surface area contributed by atoms with Gasteiger partial charge < -0.3 is 15.0 Å². The lowest BCUT2D eigenvalue weighted by molar-refractivity contribution is -0.151. The van der Waals surface area contributed by atoms with Gasteiger partial charge >= 0.3 is 5.97 Å². The lowest BCUT2D eigenvalue weighted by Gasteiger charge is -2.18. The highest BCUT2D eigenvalue weighted by Gasteiger charge is 2.37. The van der Waals surface area contributed by atoms with Gasteiger partial charge in [0.25, 0.3) is 5.91 Å². The van der Waals surface area contributed by atoms with Gasteiger partial charge in [0.15, 0.2) is 6.61 Å². The largest absolute Gasteiger partial charge is 0.455 e. The fraction of sp³-hybridized carbons (Fsp3) is 0.211. The molecule has 3 rings (SSSR count). The van der Waals surface area contributed by atoms with Crippen LogP contribution in [0.15, 0.2) is 36.4 Å². The van der Waals surface area contributed by atoms with Crippen molar-refractivity contribution in [1.29, 1.82) is 0 Å². The Morgan fingerprint density at radius 3 is 2.62 bits per heavy atom. The molecule has 0 bridgehead atoms. The number of halogens is 4. The summed E-state index contributed by atoms with van der Waals surface area (Å²) in [6.07, 6.45) is -0.0522. The Hall–Kier alpha value is -1.99. The molecule has 29 heavy (non-hydrogen) atoms. The normalized spacial score (nSPS) is 16.1. The van der Waals surface area contributed by atoms with Crippen LogP contribution in [0.5, 0.6) is 0 Å². The quantitative estimate of drug-likeness (QED) is 0.628. The Labute approximate surface area is 186 Å². The van der Waals surface area contributed by atoms with Crippen LogP contribution in [0.4, 0.5) is 11.4 Å². The minimum absolute atomic E-state index is 0.0522. The summed E-state index contributed by atoms with van der Waals surface area (Å²) in [6.45, 7) is -0.441.